The molecular formula is C21H23NO2. The third kappa shape index (κ3) is 1.88. The zero-order valence-corrected chi connectivity index (χ0v) is 14.4. The van der Waals surface area contributed by atoms with E-state index >= 15 is 0 Å². The molecule has 2 aliphatic rings. The molecular weight excluding hydrogens is 298 g/mol. The minimum atomic E-state index is -0.623. The van der Waals surface area contributed by atoms with Gasteiger partial charge in [0.1, 0.15) is 5.75 Å². The van der Waals surface area contributed by atoms with Crippen LogP contribution in [0.25, 0.3) is 6.08 Å². The highest BCUT2D eigenvalue weighted by molar-refractivity contribution is 5.72. The van der Waals surface area contributed by atoms with Crippen molar-refractivity contribution in [3.8, 4) is 5.75 Å². The highest BCUT2D eigenvalue weighted by Gasteiger charge is 2.58. The summed E-state index contributed by atoms with van der Waals surface area (Å²) in [5, 5.41) is 9.65. The van der Waals surface area contributed by atoms with Crippen molar-refractivity contribution in [2.75, 3.05) is 18.1 Å². The average Bonchev–Trinajstić information content (AvgIpc) is 2.75. The molecule has 0 amide bonds. The van der Waals surface area contributed by atoms with Crippen LogP contribution in [0.15, 0.2) is 48.5 Å². The van der Waals surface area contributed by atoms with Gasteiger partial charge in [-0.2, -0.15) is 0 Å². The van der Waals surface area contributed by atoms with Gasteiger partial charge in [-0.1, -0.05) is 29.8 Å². The number of aliphatic hydroxyl groups is 1. The molecule has 0 saturated heterocycles. The van der Waals surface area contributed by atoms with Crippen LogP contribution in [0.2, 0.25) is 0 Å². The van der Waals surface area contributed by atoms with Crippen LogP contribution < -0.4 is 9.64 Å². The Kier molecular flexibility index (Phi) is 3.26. The number of benzene rings is 2. The van der Waals surface area contributed by atoms with Gasteiger partial charge in [0.2, 0.25) is 5.72 Å². The minimum Gasteiger partial charge on any atom is -0.463 e. The Morgan fingerprint density at radius 3 is 2.71 bits per heavy atom. The predicted octanol–water partition coefficient (Wildman–Crippen LogP) is 3.89. The maximum absolute atomic E-state index is 9.65. The molecule has 0 saturated carbocycles. The summed E-state index contributed by atoms with van der Waals surface area (Å²) in [7, 11) is 0. The Hall–Kier alpha value is -2.26. The fraction of sp³-hybridized carbons (Fsp3) is 0.333. The molecule has 2 heterocycles. The average molecular weight is 321 g/mol. The fourth-order valence-corrected chi connectivity index (χ4v) is 4.11. The zero-order chi connectivity index (χ0) is 16.9. The Labute approximate surface area is 143 Å². The van der Waals surface area contributed by atoms with Gasteiger partial charge >= 0.3 is 0 Å². The first-order valence-corrected chi connectivity index (χ1v) is 8.46. The van der Waals surface area contributed by atoms with Crippen LogP contribution >= 0.6 is 0 Å². The number of hydrogen-bond donors (Lipinski definition) is 1. The first-order valence-electron chi connectivity index (χ1n) is 8.46. The lowest BCUT2D eigenvalue weighted by atomic mass is 9.76. The number of hydrogen-bond acceptors (Lipinski definition) is 3. The number of β-amino-alcohol motifs (C(OH)–C–C–N with tert-alkyl or cyclic N) is 1. The van der Waals surface area contributed by atoms with Gasteiger partial charge in [0, 0.05) is 17.8 Å². The summed E-state index contributed by atoms with van der Waals surface area (Å²) in [6.07, 6.45) is 4.31. The molecule has 1 atom stereocenters. The summed E-state index contributed by atoms with van der Waals surface area (Å²) >= 11 is 0. The summed E-state index contributed by atoms with van der Waals surface area (Å²) in [6, 6.07) is 14.7. The number of ether oxygens (including phenoxy) is 1. The van der Waals surface area contributed by atoms with Crippen LogP contribution in [0.4, 0.5) is 5.69 Å². The molecule has 124 valence electrons. The Morgan fingerprint density at radius 1 is 1.12 bits per heavy atom. The highest BCUT2D eigenvalue weighted by Crippen LogP contribution is 2.54. The van der Waals surface area contributed by atoms with Crippen LogP contribution in [0.3, 0.4) is 0 Å². The third-order valence-corrected chi connectivity index (χ3v) is 5.41. The molecule has 0 radical (unpaired) electrons. The van der Waals surface area contributed by atoms with Crippen LogP contribution in [-0.4, -0.2) is 24.0 Å². The topological polar surface area (TPSA) is 32.7 Å². The van der Waals surface area contributed by atoms with E-state index in [4.69, 9.17) is 4.74 Å². The van der Waals surface area contributed by atoms with E-state index in [2.05, 4.69) is 68.2 Å². The molecule has 2 aromatic rings. The van der Waals surface area contributed by atoms with E-state index in [-0.39, 0.29) is 12.0 Å². The molecule has 1 unspecified atom stereocenters. The van der Waals surface area contributed by atoms with Gasteiger partial charge in [-0.25, -0.2) is 0 Å². The van der Waals surface area contributed by atoms with Crippen molar-refractivity contribution in [3.63, 3.8) is 0 Å². The second kappa shape index (κ2) is 5.12. The van der Waals surface area contributed by atoms with Gasteiger partial charge in [0.15, 0.2) is 0 Å². The summed E-state index contributed by atoms with van der Waals surface area (Å²) in [5.41, 5.74) is 3.85. The molecule has 1 N–H and O–H groups in total. The van der Waals surface area contributed by atoms with Crippen molar-refractivity contribution in [1.29, 1.82) is 0 Å². The molecule has 0 aromatic heterocycles. The van der Waals surface area contributed by atoms with Gasteiger partial charge in [-0.3, -0.25) is 0 Å². The molecule has 3 nitrogen and oxygen atoms in total. The lowest BCUT2D eigenvalue weighted by Gasteiger charge is -2.47. The maximum Gasteiger partial charge on any atom is 0.212 e. The largest absolute Gasteiger partial charge is 0.463 e. The Bertz CT molecular complexity index is 824. The van der Waals surface area contributed by atoms with Gasteiger partial charge in [0.25, 0.3) is 0 Å². The Balaban J connectivity index is 1.90. The van der Waals surface area contributed by atoms with Crippen LogP contribution in [0, 0.1) is 6.92 Å². The maximum atomic E-state index is 9.65. The summed E-state index contributed by atoms with van der Waals surface area (Å²) in [4.78, 5) is 2.20. The predicted molar refractivity (Wildman–Crippen MR) is 97.5 cm³/mol. The first kappa shape index (κ1) is 15.3. The molecule has 0 bridgehead atoms. The second-order valence-corrected chi connectivity index (χ2v) is 7.19. The van der Waals surface area contributed by atoms with Crippen molar-refractivity contribution >= 4 is 11.8 Å². The second-order valence-electron chi connectivity index (χ2n) is 7.19. The molecule has 2 aliphatic heterocycles. The number of para-hydroxylation sites is 1. The van der Waals surface area contributed by atoms with E-state index in [0.717, 1.165) is 17.0 Å². The van der Waals surface area contributed by atoms with Crippen molar-refractivity contribution in [2.45, 2.75) is 31.9 Å². The zero-order valence-electron chi connectivity index (χ0n) is 14.4. The van der Waals surface area contributed by atoms with E-state index in [0.29, 0.717) is 6.54 Å². The van der Waals surface area contributed by atoms with Gasteiger partial charge < -0.3 is 14.7 Å². The molecule has 3 heteroatoms. The fourth-order valence-electron chi connectivity index (χ4n) is 4.11. The number of fused-ring (bicyclic) bond motifs is 2. The summed E-state index contributed by atoms with van der Waals surface area (Å²) in [6.45, 7) is 7.14. The van der Waals surface area contributed by atoms with Crippen LogP contribution in [0.5, 0.6) is 5.75 Å². The van der Waals surface area contributed by atoms with Crippen molar-refractivity contribution in [3.05, 3.63) is 65.2 Å². The SMILES string of the molecule is Cc1ccc2c(c1)C=CC1(O2)N(CCO)c2ccccc2C1(C)C. The van der Waals surface area contributed by atoms with E-state index in [1.807, 2.05) is 12.1 Å². The molecule has 24 heavy (non-hydrogen) atoms. The molecule has 2 aromatic carbocycles. The quantitative estimate of drug-likeness (QED) is 0.911. The van der Waals surface area contributed by atoms with Crippen molar-refractivity contribution in [2.24, 2.45) is 0 Å². The molecule has 1 spiro atoms. The highest BCUT2D eigenvalue weighted by atomic mass is 16.5. The van der Waals surface area contributed by atoms with Crippen molar-refractivity contribution < 1.29 is 9.84 Å². The lowest BCUT2D eigenvalue weighted by Crippen LogP contribution is -2.60. The standard InChI is InChI=1S/C21H23NO2/c1-15-8-9-19-16(14-15)10-11-21(24-19)20(2,3)17-6-4-5-7-18(17)22(21)12-13-23/h4-11,14,23H,12-13H2,1-3H3. The smallest absolute Gasteiger partial charge is 0.212 e. The number of aliphatic hydroxyl groups excluding tert-OH is 1. The normalized spacial score (nSPS) is 23.1. The number of rotatable bonds is 2. The summed E-state index contributed by atoms with van der Waals surface area (Å²) in [5.74, 6) is 0.895. The van der Waals surface area contributed by atoms with Gasteiger partial charge in [-0.15, -0.1) is 0 Å². The van der Waals surface area contributed by atoms with Crippen molar-refractivity contribution in [1.82, 2.24) is 0 Å². The summed E-state index contributed by atoms with van der Waals surface area (Å²) < 4.78 is 6.63. The van der Waals surface area contributed by atoms with E-state index in [1.165, 1.54) is 11.1 Å². The lowest BCUT2D eigenvalue weighted by molar-refractivity contribution is 0.0504. The number of anilines is 1. The van der Waals surface area contributed by atoms with E-state index in [1.54, 1.807) is 0 Å². The third-order valence-electron chi connectivity index (χ3n) is 5.41. The minimum absolute atomic E-state index is 0.0874. The van der Waals surface area contributed by atoms with E-state index < -0.39 is 5.72 Å². The molecule has 0 aliphatic carbocycles. The number of nitrogens with zero attached hydrogens (tertiary/aromatic N) is 1. The van der Waals surface area contributed by atoms with E-state index in [9.17, 15) is 5.11 Å². The first-order chi connectivity index (χ1) is 11.5. The monoisotopic (exact) mass is 321 g/mol. The number of aryl methyl sites for hydroxylation is 1. The van der Waals surface area contributed by atoms with Crippen LogP contribution in [-0.2, 0) is 5.41 Å². The Morgan fingerprint density at radius 2 is 1.92 bits per heavy atom. The van der Waals surface area contributed by atoms with Crippen LogP contribution in [0.1, 0.15) is 30.5 Å². The molecule has 4 rings (SSSR count). The van der Waals surface area contributed by atoms with Gasteiger partial charge in [-0.05, 0) is 56.7 Å². The molecule has 0 fully saturated rings. The van der Waals surface area contributed by atoms with Gasteiger partial charge in [0.05, 0.1) is 12.0 Å².